The molecule has 30 nitrogen and oxygen atoms in total. The Labute approximate surface area is 474 Å². The van der Waals surface area contributed by atoms with Gasteiger partial charge in [-0.25, -0.2) is 20.4 Å². The van der Waals surface area contributed by atoms with Crippen LogP contribution in [0.3, 0.4) is 0 Å². The van der Waals surface area contributed by atoms with Gasteiger partial charge in [-0.1, -0.05) is 18.2 Å². The van der Waals surface area contributed by atoms with Gasteiger partial charge < -0.3 is 104 Å². The number of aromatic nitrogens is 2. The number of carbonyl (C=O) groups excluding carboxylic acids is 6. The van der Waals surface area contributed by atoms with Gasteiger partial charge in [-0.05, 0) is 48.7 Å². The minimum atomic E-state index is -2.02. The Balaban J connectivity index is 1.02. The van der Waals surface area contributed by atoms with Gasteiger partial charge in [0.25, 0.3) is 23.6 Å². The van der Waals surface area contributed by atoms with Crippen LogP contribution < -0.4 is 46.3 Å². The molecule has 83 heavy (non-hydrogen) atoms. The van der Waals surface area contributed by atoms with Gasteiger partial charge in [0.15, 0.2) is 23.8 Å². The number of anilines is 3. The zero-order valence-electron chi connectivity index (χ0n) is 45.5. The summed E-state index contributed by atoms with van der Waals surface area (Å²) in [5.41, 5.74) is 1.47. The maximum absolute atomic E-state index is 14.4. The number of methoxy groups -OCH3 is 1. The molecular weight excluding hydrogens is 1100 g/mol. The number of nitrogens with zero attached hydrogens (tertiary/aromatic N) is 4. The fourth-order valence-corrected chi connectivity index (χ4v) is 9.21. The van der Waals surface area contributed by atoms with E-state index in [0.717, 1.165) is 4.90 Å². The van der Waals surface area contributed by atoms with Crippen molar-refractivity contribution in [2.45, 2.75) is 68.8 Å². The number of hydrogen-bond donors (Lipinski definition) is 11. The van der Waals surface area contributed by atoms with Gasteiger partial charge in [0.05, 0.1) is 87.6 Å². The third-order valence-electron chi connectivity index (χ3n) is 13.3. The van der Waals surface area contributed by atoms with Gasteiger partial charge in [-0.3, -0.25) is 24.0 Å². The van der Waals surface area contributed by atoms with Gasteiger partial charge in [-0.2, -0.15) is 0 Å². The molecule has 0 bridgehead atoms. The molecule has 3 aliphatic heterocycles. The van der Waals surface area contributed by atoms with Crippen LogP contribution in [0.5, 0.6) is 17.2 Å². The minimum Gasteiger partial charge on any atom is -0.493 e. The highest BCUT2D eigenvalue weighted by Crippen LogP contribution is 2.42. The van der Waals surface area contributed by atoms with E-state index in [1.54, 1.807) is 31.1 Å². The molecule has 2 saturated heterocycles. The molecule has 5 heterocycles. The summed E-state index contributed by atoms with van der Waals surface area (Å²) in [6.07, 6.45) is -9.48. The average Bonchev–Trinajstić information content (AvgIpc) is 2.57. The first-order chi connectivity index (χ1) is 39.7. The standard InChI is InChI=1S/C53H67N9O21/c1-28-18-37-50(72)62(53(75)80-27-29-7-8-38(33(19-29)46(68)55-9-14-78-16-17-81-54)82-52-44(67)42(65)43(66)45(83-52)51(73)74)34-23-40(39(76-4)22-32(34)49(71)61(37)24-28)79-12-5-6-41(64)57-30-20-36(60(3)25-30)48(70)58-31-21-35(59(2)26-31)47(69)56-10-13-77-15-11-63/h7-8,19-23,25-26,37,42-45,50,52,63,65-67,72H,1,5-6,9-18,24,27,54H2,2-4H3,(H,55,68)(H,56,69)(H,57,64)(H,58,70)(H,73,74)/t37-,42-,43-,44+,45-,50?,52+/m0/s1. The summed E-state index contributed by atoms with van der Waals surface area (Å²) in [5.74, 6) is 0.471. The summed E-state index contributed by atoms with van der Waals surface area (Å²) in [6, 6.07) is 8.50. The number of rotatable bonds is 27. The zero-order valence-corrected chi connectivity index (χ0v) is 45.5. The summed E-state index contributed by atoms with van der Waals surface area (Å²) >= 11 is 0. The molecule has 2 aromatic heterocycles. The van der Waals surface area contributed by atoms with E-state index in [-0.39, 0.29) is 136 Å². The predicted molar refractivity (Wildman–Crippen MR) is 287 cm³/mol. The molecule has 450 valence electrons. The molecular formula is C53H67N9O21. The molecule has 2 fully saturated rings. The summed E-state index contributed by atoms with van der Waals surface area (Å²) < 4.78 is 42.0. The van der Waals surface area contributed by atoms with E-state index in [1.807, 2.05) is 0 Å². The van der Waals surface area contributed by atoms with Crippen molar-refractivity contribution in [3.05, 3.63) is 95.1 Å². The molecule has 3 aliphatic rings. The summed E-state index contributed by atoms with van der Waals surface area (Å²) in [5, 5.41) is 72.5. The largest absolute Gasteiger partial charge is 0.493 e. The number of hydrogen-bond acceptors (Lipinski definition) is 21. The minimum absolute atomic E-state index is 0.0117. The van der Waals surface area contributed by atoms with Crippen molar-refractivity contribution in [2.75, 3.05) is 88.5 Å². The summed E-state index contributed by atoms with van der Waals surface area (Å²) in [4.78, 5) is 100.0. The van der Waals surface area contributed by atoms with Crippen molar-refractivity contribution in [3.8, 4) is 17.2 Å². The van der Waals surface area contributed by atoms with E-state index in [1.165, 1.54) is 59.0 Å². The quantitative estimate of drug-likeness (QED) is 0.0200. The first-order valence-electron chi connectivity index (χ1n) is 26.0. The molecule has 0 aliphatic carbocycles. The lowest BCUT2D eigenvalue weighted by Gasteiger charge is -2.38. The maximum atomic E-state index is 14.4. The number of aliphatic hydroxyl groups excluding tert-OH is 5. The number of nitrogens with one attached hydrogen (secondary N) is 4. The molecule has 0 saturated carbocycles. The number of carbonyl (C=O) groups is 7. The first kappa shape index (κ1) is 62.4. The van der Waals surface area contributed by atoms with Gasteiger partial charge in [0.1, 0.15) is 42.1 Å². The number of nitrogens with two attached hydrogens (primary N) is 1. The van der Waals surface area contributed by atoms with E-state index >= 15 is 0 Å². The van der Waals surface area contributed by atoms with Crippen molar-refractivity contribution in [1.29, 1.82) is 0 Å². The average molecular weight is 1170 g/mol. The second-order valence-electron chi connectivity index (χ2n) is 19.2. The molecule has 2 aromatic carbocycles. The Bertz CT molecular complexity index is 3020. The summed E-state index contributed by atoms with van der Waals surface area (Å²) in [7, 11) is 4.59. The van der Waals surface area contributed by atoms with Crippen molar-refractivity contribution in [1.82, 2.24) is 24.7 Å². The van der Waals surface area contributed by atoms with Crippen LogP contribution in [0, 0.1) is 0 Å². The molecule has 7 atom stereocenters. The fourth-order valence-electron chi connectivity index (χ4n) is 9.21. The van der Waals surface area contributed by atoms with Crippen LogP contribution in [0.2, 0.25) is 0 Å². The molecule has 0 spiro atoms. The van der Waals surface area contributed by atoms with E-state index in [9.17, 15) is 59.1 Å². The van der Waals surface area contributed by atoms with Crippen LogP contribution in [-0.2, 0) is 54.1 Å². The van der Waals surface area contributed by atoms with Crippen LogP contribution in [0.4, 0.5) is 21.9 Å². The lowest BCUT2D eigenvalue weighted by atomic mass is 9.99. The topological polar surface area (TPSA) is 405 Å². The van der Waals surface area contributed by atoms with Crippen LogP contribution in [0.25, 0.3) is 0 Å². The number of amides is 6. The number of aliphatic carboxylic acids is 1. The number of aryl methyl sites for hydroxylation is 2. The van der Waals surface area contributed by atoms with E-state index < -0.39 is 91.2 Å². The number of aliphatic hydroxyl groups is 5. The molecule has 12 N–H and O–H groups in total. The zero-order chi connectivity index (χ0) is 60.1. The van der Waals surface area contributed by atoms with Gasteiger partial charge in [-0.15, -0.1) is 0 Å². The smallest absolute Gasteiger partial charge is 0.416 e. The molecule has 4 aromatic rings. The number of ether oxygens (including phenoxy) is 7. The van der Waals surface area contributed by atoms with Crippen LogP contribution >= 0.6 is 0 Å². The van der Waals surface area contributed by atoms with E-state index in [0.29, 0.717) is 16.9 Å². The summed E-state index contributed by atoms with van der Waals surface area (Å²) in [6.45, 7) is 3.99. The van der Waals surface area contributed by atoms with Crippen molar-refractivity contribution < 1.29 is 102 Å². The van der Waals surface area contributed by atoms with Crippen LogP contribution in [0.1, 0.15) is 66.5 Å². The van der Waals surface area contributed by atoms with Gasteiger partial charge >= 0.3 is 12.1 Å². The SMILES string of the molecule is C=C1C[C@H]2C(O)N(C(=O)OCc3ccc(O[C@@H]4O[C@H](C(=O)O)[C@@H](O)[C@H](O)[C@H]4O)c(C(=O)NCCOCCON)c3)c3cc(OCCCC(=O)Nc4cc(C(=O)Nc5cc(C(=O)NCCOCCO)n(C)c5)n(C)c4)c(OC)cc3C(=O)N2C1. The Kier molecular flexibility index (Phi) is 21.6. The molecule has 7 rings (SSSR count). The molecule has 1 unspecified atom stereocenters. The third-order valence-corrected chi connectivity index (χ3v) is 13.3. The van der Waals surface area contributed by atoms with Crippen LogP contribution in [-0.4, -0.2) is 202 Å². The fraction of sp³-hybridized carbons (Fsp3) is 0.453. The first-order valence-corrected chi connectivity index (χ1v) is 26.0. The highest BCUT2D eigenvalue weighted by atomic mass is 16.7. The number of fused-ring (bicyclic) bond motifs is 2. The lowest BCUT2D eigenvalue weighted by Crippen LogP contribution is -2.61. The van der Waals surface area contributed by atoms with Crippen molar-refractivity contribution in [2.24, 2.45) is 20.0 Å². The second kappa shape index (κ2) is 28.7. The normalized spacial score (nSPS) is 20.2. The maximum Gasteiger partial charge on any atom is 0.416 e. The van der Waals surface area contributed by atoms with Crippen molar-refractivity contribution >= 4 is 58.7 Å². The number of carboxylic acid groups (broad SMARTS) is 1. The lowest BCUT2D eigenvalue weighted by molar-refractivity contribution is -0.271. The second-order valence-corrected chi connectivity index (χ2v) is 19.2. The molecule has 30 heteroatoms. The Morgan fingerprint density at radius 2 is 1.46 bits per heavy atom. The van der Waals surface area contributed by atoms with E-state index in [2.05, 4.69) is 32.7 Å². The van der Waals surface area contributed by atoms with Crippen LogP contribution in [0.15, 0.2) is 67.0 Å². The van der Waals surface area contributed by atoms with Crippen molar-refractivity contribution in [3.63, 3.8) is 0 Å². The van der Waals surface area contributed by atoms with E-state index in [4.69, 9.17) is 44.2 Å². The highest BCUT2D eigenvalue weighted by Gasteiger charge is 2.49. The number of benzene rings is 2. The molecule has 0 radical (unpaired) electrons. The Morgan fingerprint density at radius 3 is 2.13 bits per heavy atom. The number of carboxylic acids is 1. The molecule has 6 amide bonds. The Hall–Kier alpha value is -8.17. The highest BCUT2D eigenvalue weighted by molar-refractivity contribution is 6.07. The van der Waals surface area contributed by atoms with Gasteiger partial charge in [0.2, 0.25) is 12.2 Å². The monoisotopic (exact) mass is 1170 g/mol. The Morgan fingerprint density at radius 1 is 0.783 bits per heavy atom. The predicted octanol–water partition coefficient (Wildman–Crippen LogP) is -0.685. The van der Waals surface area contributed by atoms with Gasteiger partial charge in [0, 0.05) is 58.6 Å². The third kappa shape index (κ3) is 15.3.